The van der Waals surface area contributed by atoms with Crippen LogP contribution in [0.5, 0.6) is 0 Å². The first-order valence-corrected chi connectivity index (χ1v) is 9.12. The smallest absolute Gasteiger partial charge is 0.0653 e. The van der Waals surface area contributed by atoms with E-state index in [-0.39, 0.29) is 0 Å². The second-order valence-electron chi connectivity index (χ2n) is 5.96. The zero-order valence-corrected chi connectivity index (χ0v) is 14.4. The summed E-state index contributed by atoms with van der Waals surface area (Å²) in [6.07, 6.45) is 1.19. The first-order valence-electron chi connectivity index (χ1n) is 7.36. The van der Waals surface area contributed by atoms with Gasteiger partial charge in [0, 0.05) is 17.5 Å². The van der Waals surface area contributed by atoms with Gasteiger partial charge in [0.15, 0.2) is 0 Å². The standard InChI is InChI=1S/C17H22N2S2/c1-12-10-16(15-8-9-20-17(15)21-12)18-14-6-4-13(5-7-14)11-19(2)3/h4-9,12,16,18H,10-11H2,1-3H3/t12-,16?/m0/s1. The van der Waals surface area contributed by atoms with Gasteiger partial charge in [0.25, 0.3) is 0 Å². The van der Waals surface area contributed by atoms with Crippen molar-refractivity contribution in [3.63, 3.8) is 0 Å². The third-order valence-electron chi connectivity index (χ3n) is 3.70. The van der Waals surface area contributed by atoms with E-state index in [9.17, 15) is 0 Å². The van der Waals surface area contributed by atoms with E-state index in [2.05, 4.69) is 66.9 Å². The summed E-state index contributed by atoms with van der Waals surface area (Å²) in [7, 11) is 4.21. The first-order chi connectivity index (χ1) is 10.1. The summed E-state index contributed by atoms with van der Waals surface area (Å²) in [5.41, 5.74) is 4.05. The molecule has 0 amide bonds. The van der Waals surface area contributed by atoms with Crippen LogP contribution in [0.1, 0.15) is 30.5 Å². The summed E-state index contributed by atoms with van der Waals surface area (Å²) < 4.78 is 1.48. The molecule has 2 aromatic rings. The fourth-order valence-electron chi connectivity index (χ4n) is 2.76. The van der Waals surface area contributed by atoms with Gasteiger partial charge in [0.2, 0.25) is 0 Å². The van der Waals surface area contributed by atoms with Crippen LogP contribution in [-0.2, 0) is 6.54 Å². The van der Waals surface area contributed by atoms with Gasteiger partial charge in [-0.3, -0.25) is 0 Å². The monoisotopic (exact) mass is 318 g/mol. The molecular formula is C17H22N2S2. The summed E-state index contributed by atoms with van der Waals surface area (Å²) in [6, 6.07) is 11.6. The van der Waals surface area contributed by atoms with Crippen molar-refractivity contribution in [2.45, 2.75) is 35.4 Å². The number of thiophene rings is 1. The number of fused-ring (bicyclic) bond motifs is 1. The summed E-state index contributed by atoms with van der Waals surface area (Å²) in [5, 5.41) is 6.61. The fraction of sp³-hybridized carbons (Fsp3) is 0.412. The van der Waals surface area contributed by atoms with Gasteiger partial charge >= 0.3 is 0 Å². The van der Waals surface area contributed by atoms with Crippen LogP contribution < -0.4 is 5.32 Å². The molecule has 1 aromatic heterocycles. The van der Waals surface area contributed by atoms with Gasteiger partial charge in [-0.1, -0.05) is 19.1 Å². The summed E-state index contributed by atoms with van der Waals surface area (Å²) in [4.78, 5) is 2.19. The number of thioether (sulfide) groups is 1. The zero-order valence-electron chi connectivity index (χ0n) is 12.8. The maximum Gasteiger partial charge on any atom is 0.0653 e. The molecular weight excluding hydrogens is 296 g/mol. The Balaban J connectivity index is 1.72. The molecule has 1 aromatic carbocycles. The van der Waals surface area contributed by atoms with Crippen LogP contribution in [0.3, 0.4) is 0 Å². The Bertz CT molecular complexity index is 589. The molecule has 0 radical (unpaired) electrons. The van der Waals surface area contributed by atoms with Crippen LogP contribution in [-0.4, -0.2) is 24.2 Å². The Hall–Kier alpha value is -0.970. The third-order valence-corrected chi connectivity index (χ3v) is 6.05. The van der Waals surface area contributed by atoms with Crippen molar-refractivity contribution < 1.29 is 0 Å². The van der Waals surface area contributed by atoms with Gasteiger partial charge in [-0.15, -0.1) is 23.1 Å². The lowest BCUT2D eigenvalue weighted by Gasteiger charge is -2.28. The largest absolute Gasteiger partial charge is 0.378 e. The van der Waals surface area contributed by atoms with E-state index in [4.69, 9.17) is 0 Å². The van der Waals surface area contributed by atoms with Crippen molar-refractivity contribution in [3.05, 3.63) is 46.8 Å². The van der Waals surface area contributed by atoms with Crippen molar-refractivity contribution in [1.29, 1.82) is 0 Å². The molecule has 1 aliphatic rings. The third kappa shape index (κ3) is 3.62. The van der Waals surface area contributed by atoms with E-state index < -0.39 is 0 Å². The number of nitrogens with one attached hydrogen (secondary N) is 1. The van der Waals surface area contributed by atoms with Crippen molar-refractivity contribution in [2.24, 2.45) is 0 Å². The highest BCUT2D eigenvalue weighted by Gasteiger charge is 2.26. The minimum Gasteiger partial charge on any atom is -0.378 e. The normalized spacial score (nSPS) is 21.3. The lowest BCUT2D eigenvalue weighted by atomic mass is 10.0. The topological polar surface area (TPSA) is 15.3 Å². The molecule has 3 rings (SSSR count). The molecule has 0 saturated heterocycles. The molecule has 2 heterocycles. The Morgan fingerprint density at radius 2 is 1.95 bits per heavy atom. The van der Waals surface area contributed by atoms with Gasteiger partial charge in [-0.25, -0.2) is 0 Å². The van der Waals surface area contributed by atoms with Gasteiger partial charge in [-0.2, -0.15) is 0 Å². The highest BCUT2D eigenvalue weighted by molar-refractivity contribution is 8.01. The maximum absolute atomic E-state index is 3.71. The quantitative estimate of drug-likeness (QED) is 0.868. The molecule has 2 nitrogen and oxygen atoms in total. The second kappa shape index (κ2) is 6.42. The first kappa shape index (κ1) is 14.9. The highest BCUT2D eigenvalue weighted by atomic mass is 32.2. The molecule has 21 heavy (non-hydrogen) atoms. The summed E-state index contributed by atoms with van der Waals surface area (Å²) >= 11 is 3.89. The van der Waals surface area contributed by atoms with Crippen molar-refractivity contribution in [2.75, 3.05) is 19.4 Å². The van der Waals surface area contributed by atoms with Gasteiger partial charge in [-0.05, 0) is 55.2 Å². The molecule has 2 atom stereocenters. The number of nitrogens with zero attached hydrogens (tertiary/aromatic N) is 1. The molecule has 1 aliphatic heterocycles. The van der Waals surface area contributed by atoms with E-state index in [1.165, 1.54) is 27.4 Å². The SMILES string of the molecule is C[C@H]1CC(Nc2ccc(CN(C)C)cc2)c2ccsc2S1. The number of hydrogen-bond acceptors (Lipinski definition) is 4. The molecule has 0 saturated carbocycles. The number of benzene rings is 1. The van der Waals surface area contributed by atoms with Gasteiger partial charge < -0.3 is 10.2 Å². The predicted molar refractivity (Wildman–Crippen MR) is 94.5 cm³/mol. The van der Waals surface area contributed by atoms with Crippen LogP contribution in [0.15, 0.2) is 39.9 Å². The fourth-order valence-corrected chi connectivity index (χ4v) is 5.33. The molecule has 0 bridgehead atoms. The molecule has 4 heteroatoms. The molecule has 0 spiro atoms. The Morgan fingerprint density at radius 1 is 1.19 bits per heavy atom. The minimum atomic E-state index is 0.446. The Labute approximate surface area is 135 Å². The van der Waals surface area contributed by atoms with Crippen LogP contribution in [0.2, 0.25) is 0 Å². The van der Waals surface area contributed by atoms with Crippen LogP contribution >= 0.6 is 23.1 Å². The highest BCUT2D eigenvalue weighted by Crippen LogP contribution is 2.44. The van der Waals surface area contributed by atoms with Gasteiger partial charge in [0.1, 0.15) is 0 Å². The predicted octanol–water partition coefficient (Wildman–Crippen LogP) is 4.85. The molecule has 1 N–H and O–H groups in total. The molecule has 0 fully saturated rings. The van der Waals surface area contributed by atoms with Gasteiger partial charge in [0.05, 0.1) is 10.3 Å². The minimum absolute atomic E-state index is 0.446. The van der Waals surface area contributed by atoms with E-state index in [0.717, 1.165) is 6.54 Å². The maximum atomic E-state index is 3.71. The lowest BCUT2D eigenvalue weighted by molar-refractivity contribution is 0.402. The van der Waals surface area contributed by atoms with Crippen LogP contribution in [0.25, 0.3) is 0 Å². The average Bonchev–Trinajstić information content (AvgIpc) is 2.88. The van der Waals surface area contributed by atoms with Crippen molar-refractivity contribution in [3.8, 4) is 0 Å². The lowest BCUT2D eigenvalue weighted by Crippen LogP contribution is -2.19. The van der Waals surface area contributed by atoms with Crippen molar-refractivity contribution >= 4 is 28.8 Å². The van der Waals surface area contributed by atoms with E-state index in [1.807, 2.05) is 23.1 Å². The van der Waals surface area contributed by atoms with Crippen LogP contribution in [0, 0.1) is 0 Å². The number of hydrogen-bond donors (Lipinski definition) is 1. The Morgan fingerprint density at radius 3 is 2.67 bits per heavy atom. The Kier molecular flexibility index (Phi) is 4.57. The van der Waals surface area contributed by atoms with E-state index in [1.54, 1.807) is 0 Å². The van der Waals surface area contributed by atoms with E-state index in [0.29, 0.717) is 11.3 Å². The summed E-state index contributed by atoms with van der Waals surface area (Å²) in [6.45, 7) is 3.31. The van der Waals surface area contributed by atoms with Crippen LogP contribution in [0.4, 0.5) is 5.69 Å². The van der Waals surface area contributed by atoms with Crippen molar-refractivity contribution in [1.82, 2.24) is 4.90 Å². The molecule has 112 valence electrons. The average molecular weight is 319 g/mol. The number of anilines is 1. The zero-order chi connectivity index (χ0) is 14.8. The summed E-state index contributed by atoms with van der Waals surface area (Å²) in [5.74, 6) is 0. The molecule has 1 unspecified atom stereocenters. The second-order valence-corrected chi connectivity index (χ2v) is 8.58. The number of rotatable bonds is 4. The molecule has 0 aliphatic carbocycles. The van der Waals surface area contributed by atoms with E-state index >= 15 is 0 Å².